The van der Waals surface area contributed by atoms with E-state index in [-0.39, 0.29) is 5.91 Å². The summed E-state index contributed by atoms with van der Waals surface area (Å²) in [5.74, 6) is 1.42. The van der Waals surface area contributed by atoms with Crippen LogP contribution >= 0.6 is 22.9 Å². The van der Waals surface area contributed by atoms with Crippen molar-refractivity contribution in [2.45, 2.75) is 26.4 Å². The van der Waals surface area contributed by atoms with Crippen LogP contribution in [0, 0.1) is 0 Å². The normalized spacial score (nSPS) is 14.7. The van der Waals surface area contributed by atoms with Crippen molar-refractivity contribution in [3.8, 4) is 11.5 Å². The number of carbonyl (C=O) groups is 1. The number of rotatable bonds is 6. The molecule has 1 aliphatic rings. The molecule has 0 aliphatic carbocycles. The van der Waals surface area contributed by atoms with Gasteiger partial charge in [-0.05, 0) is 57.2 Å². The highest BCUT2D eigenvalue weighted by molar-refractivity contribution is 7.22. The third-order valence-electron chi connectivity index (χ3n) is 5.21. The first-order valence-corrected chi connectivity index (χ1v) is 11.6. The molecule has 1 aliphatic heterocycles. The van der Waals surface area contributed by atoms with E-state index in [1.165, 1.54) is 0 Å². The van der Waals surface area contributed by atoms with E-state index in [0.29, 0.717) is 30.5 Å². The molecule has 0 spiro atoms. The maximum Gasteiger partial charge on any atom is 0.266 e. The van der Waals surface area contributed by atoms with E-state index in [1.54, 1.807) is 49.4 Å². The number of ether oxygens (including phenoxy) is 2. The van der Waals surface area contributed by atoms with Crippen LogP contribution in [0.5, 0.6) is 11.5 Å². The van der Waals surface area contributed by atoms with Crippen LogP contribution in [0.15, 0.2) is 42.5 Å². The van der Waals surface area contributed by atoms with Crippen LogP contribution < -0.4 is 14.4 Å². The number of aromatic nitrogens is 1. The van der Waals surface area contributed by atoms with Crippen LogP contribution in [-0.2, 0) is 4.79 Å². The predicted octanol–water partition coefficient (Wildman–Crippen LogP) is 4.85. The number of nitrogens with zero attached hydrogens (tertiary/aromatic N) is 3. The summed E-state index contributed by atoms with van der Waals surface area (Å²) >= 11 is 7.59. The van der Waals surface area contributed by atoms with E-state index in [1.807, 2.05) is 24.0 Å². The second kappa shape index (κ2) is 8.93. The average molecular weight is 460 g/mol. The molecule has 2 heterocycles. The Morgan fingerprint density at radius 2 is 1.84 bits per heavy atom. The van der Waals surface area contributed by atoms with Gasteiger partial charge in [0.05, 0.1) is 11.3 Å². The van der Waals surface area contributed by atoms with Gasteiger partial charge in [-0.2, -0.15) is 0 Å². The molecule has 3 aromatic rings. The van der Waals surface area contributed by atoms with Crippen LogP contribution in [-0.4, -0.2) is 54.2 Å². The summed E-state index contributed by atoms with van der Waals surface area (Å²) in [5.41, 5.74) is -0.0570. The third-order valence-corrected chi connectivity index (χ3v) is 6.54. The fraction of sp³-hybridized carbons (Fsp3) is 0.391. The summed E-state index contributed by atoms with van der Waals surface area (Å²) in [6, 6.07) is 13.1. The van der Waals surface area contributed by atoms with Gasteiger partial charge in [-0.15, -0.1) is 0 Å². The summed E-state index contributed by atoms with van der Waals surface area (Å²) in [7, 11) is 0. The maximum atomic E-state index is 13.1. The van der Waals surface area contributed by atoms with Gasteiger partial charge in [0.15, 0.2) is 10.7 Å². The molecule has 164 valence electrons. The Kier molecular flexibility index (Phi) is 6.25. The van der Waals surface area contributed by atoms with Crippen LogP contribution in [0.2, 0.25) is 5.02 Å². The van der Waals surface area contributed by atoms with Gasteiger partial charge in [0, 0.05) is 31.2 Å². The van der Waals surface area contributed by atoms with E-state index in [2.05, 4.69) is 11.0 Å². The first-order chi connectivity index (χ1) is 14.9. The molecule has 0 N–H and O–H groups in total. The fourth-order valence-electron chi connectivity index (χ4n) is 3.64. The minimum Gasteiger partial charge on any atom is -0.492 e. The standard InChI is InChI=1S/C23H26ClN3O3S/c1-4-29-18-6-5-7-19-20(18)25-22(31-19)27-14-12-26(13-15-27)21(28)23(2,3)30-17-10-8-16(24)9-11-17/h5-11H,4,12-15H2,1-3H3. The van der Waals surface area contributed by atoms with E-state index in [0.717, 1.165) is 34.2 Å². The number of carbonyl (C=O) groups excluding carboxylic acids is 1. The molecule has 0 radical (unpaired) electrons. The minimum absolute atomic E-state index is 0.0231. The predicted molar refractivity (Wildman–Crippen MR) is 126 cm³/mol. The molecular formula is C23H26ClN3O3S. The fourth-order valence-corrected chi connectivity index (χ4v) is 4.80. The number of para-hydroxylation sites is 1. The number of thiazole rings is 1. The highest BCUT2D eigenvalue weighted by atomic mass is 35.5. The maximum absolute atomic E-state index is 13.1. The molecular weight excluding hydrogens is 434 g/mol. The summed E-state index contributed by atoms with van der Waals surface area (Å²) < 4.78 is 12.8. The molecule has 0 saturated carbocycles. The van der Waals surface area contributed by atoms with Crippen molar-refractivity contribution >= 4 is 44.2 Å². The number of benzene rings is 2. The number of amides is 1. The van der Waals surface area contributed by atoms with Crippen molar-refractivity contribution in [2.24, 2.45) is 0 Å². The SMILES string of the molecule is CCOc1cccc2sc(N3CCN(C(=O)C(C)(C)Oc4ccc(Cl)cc4)CC3)nc12. The molecule has 1 aromatic heterocycles. The van der Waals surface area contributed by atoms with Crippen LogP contribution in [0.4, 0.5) is 5.13 Å². The molecule has 0 unspecified atom stereocenters. The van der Waals surface area contributed by atoms with Gasteiger partial charge in [0.2, 0.25) is 0 Å². The lowest BCUT2D eigenvalue weighted by Crippen LogP contribution is -2.55. The van der Waals surface area contributed by atoms with Gasteiger partial charge in [-0.25, -0.2) is 4.98 Å². The molecule has 4 rings (SSSR count). The molecule has 1 amide bonds. The molecule has 8 heteroatoms. The lowest BCUT2D eigenvalue weighted by molar-refractivity contribution is -0.145. The smallest absolute Gasteiger partial charge is 0.266 e. The summed E-state index contributed by atoms with van der Waals surface area (Å²) in [5, 5.41) is 1.60. The minimum atomic E-state index is -0.960. The zero-order valence-electron chi connectivity index (χ0n) is 17.9. The Morgan fingerprint density at radius 3 is 2.52 bits per heavy atom. The lowest BCUT2D eigenvalue weighted by atomic mass is 10.1. The number of hydrogen-bond donors (Lipinski definition) is 0. The van der Waals surface area contributed by atoms with Crippen LogP contribution in [0.25, 0.3) is 10.2 Å². The topological polar surface area (TPSA) is 54.9 Å². The Morgan fingerprint density at radius 1 is 1.13 bits per heavy atom. The monoisotopic (exact) mass is 459 g/mol. The van der Waals surface area contributed by atoms with E-state index in [4.69, 9.17) is 26.1 Å². The second-order valence-corrected chi connectivity index (χ2v) is 9.32. The molecule has 1 saturated heterocycles. The molecule has 1 fully saturated rings. The molecule has 2 aromatic carbocycles. The third kappa shape index (κ3) is 4.72. The van der Waals surface area contributed by atoms with Crippen molar-refractivity contribution in [1.29, 1.82) is 0 Å². The van der Waals surface area contributed by atoms with Crippen LogP contribution in [0.3, 0.4) is 0 Å². The Balaban J connectivity index is 1.41. The van der Waals surface area contributed by atoms with Gasteiger partial charge >= 0.3 is 0 Å². The summed E-state index contributed by atoms with van der Waals surface area (Å²) in [4.78, 5) is 22.0. The van der Waals surface area contributed by atoms with E-state index in [9.17, 15) is 4.79 Å². The first kappa shape index (κ1) is 21.7. The Bertz CT molecular complexity index is 1060. The molecule has 0 atom stereocenters. The average Bonchev–Trinajstić information content (AvgIpc) is 3.20. The van der Waals surface area contributed by atoms with Crippen molar-refractivity contribution in [3.63, 3.8) is 0 Å². The molecule has 0 bridgehead atoms. The second-order valence-electron chi connectivity index (χ2n) is 7.88. The summed E-state index contributed by atoms with van der Waals surface area (Å²) in [6.07, 6.45) is 0. The highest BCUT2D eigenvalue weighted by Gasteiger charge is 2.36. The Labute approximate surface area is 191 Å². The first-order valence-electron chi connectivity index (χ1n) is 10.4. The van der Waals surface area contributed by atoms with Gasteiger partial charge in [0.1, 0.15) is 17.0 Å². The van der Waals surface area contributed by atoms with Crippen molar-refractivity contribution in [1.82, 2.24) is 9.88 Å². The van der Waals surface area contributed by atoms with Crippen molar-refractivity contribution in [2.75, 3.05) is 37.7 Å². The highest BCUT2D eigenvalue weighted by Crippen LogP contribution is 2.34. The lowest BCUT2D eigenvalue weighted by Gasteiger charge is -2.38. The largest absolute Gasteiger partial charge is 0.492 e. The van der Waals surface area contributed by atoms with Gasteiger partial charge in [-0.3, -0.25) is 4.79 Å². The van der Waals surface area contributed by atoms with E-state index >= 15 is 0 Å². The number of piperazine rings is 1. The van der Waals surface area contributed by atoms with Gasteiger partial charge < -0.3 is 19.3 Å². The van der Waals surface area contributed by atoms with Crippen molar-refractivity contribution in [3.05, 3.63) is 47.5 Å². The van der Waals surface area contributed by atoms with Crippen molar-refractivity contribution < 1.29 is 14.3 Å². The van der Waals surface area contributed by atoms with Gasteiger partial charge in [0.25, 0.3) is 5.91 Å². The zero-order valence-corrected chi connectivity index (χ0v) is 19.5. The molecule has 6 nitrogen and oxygen atoms in total. The quantitative estimate of drug-likeness (QED) is 0.527. The zero-order chi connectivity index (χ0) is 22.0. The number of halogens is 1. The number of fused-ring (bicyclic) bond motifs is 1. The molecule has 31 heavy (non-hydrogen) atoms. The Hall–Kier alpha value is -2.51. The summed E-state index contributed by atoms with van der Waals surface area (Å²) in [6.45, 7) is 8.90. The number of anilines is 1. The van der Waals surface area contributed by atoms with Gasteiger partial charge in [-0.1, -0.05) is 29.0 Å². The number of hydrogen-bond acceptors (Lipinski definition) is 6. The van der Waals surface area contributed by atoms with E-state index < -0.39 is 5.60 Å². The van der Waals surface area contributed by atoms with Crippen LogP contribution in [0.1, 0.15) is 20.8 Å².